The summed E-state index contributed by atoms with van der Waals surface area (Å²) in [6.45, 7) is 4.65. The van der Waals surface area contributed by atoms with Crippen LogP contribution in [0.5, 0.6) is 0 Å². The van der Waals surface area contributed by atoms with Gasteiger partial charge < -0.3 is 19.8 Å². The summed E-state index contributed by atoms with van der Waals surface area (Å²) in [4.78, 5) is 23.0. The second-order valence-corrected chi connectivity index (χ2v) is 15.7. The Kier molecular flexibility index (Phi) is 31.4. The van der Waals surface area contributed by atoms with Crippen LogP contribution in [0.2, 0.25) is 0 Å². The number of aliphatic hydroxyl groups excluding tert-OH is 1. The van der Waals surface area contributed by atoms with E-state index in [0.717, 1.165) is 70.6 Å². The molecule has 9 heteroatoms. The molecule has 0 aromatic carbocycles. The van der Waals surface area contributed by atoms with Crippen molar-refractivity contribution in [2.24, 2.45) is 0 Å². The Labute approximate surface area is 301 Å². The highest BCUT2D eigenvalue weighted by molar-refractivity contribution is 7.47. The van der Waals surface area contributed by atoms with Crippen molar-refractivity contribution in [1.82, 2.24) is 5.32 Å². The first-order valence-electron chi connectivity index (χ1n) is 19.5. The molecule has 3 unspecified atom stereocenters. The Balaban J connectivity index is 4.48. The van der Waals surface area contributed by atoms with Gasteiger partial charge in [-0.05, 0) is 51.4 Å². The Morgan fingerprint density at radius 3 is 1.80 bits per heavy atom. The monoisotopic (exact) mass is 712 g/mol. The molecule has 0 aromatic rings. The summed E-state index contributed by atoms with van der Waals surface area (Å²) in [5, 5.41) is 13.7. The molecule has 0 heterocycles. The van der Waals surface area contributed by atoms with Crippen molar-refractivity contribution in [1.29, 1.82) is 0 Å². The number of phosphoric acid groups is 1. The molecule has 0 bridgehead atoms. The zero-order chi connectivity index (χ0) is 36.5. The van der Waals surface area contributed by atoms with Crippen LogP contribution in [0.15, 0.2) is 48.6 Å². The van der Waals surface area contributed by atoms with E-state index in [2.05, 4.69) is 55.6 Å². The van der Waals surface area contributed by atoms with Gasteiger partial charge in [0.05, 0.1) is 39.9 Å². The number of aliphatic hydroxyl groups is 1. The lowest BCUT2D eigenvalue weighted by Gasteiger charge is -2.25. The van der Waals surface area contributed by atoms with E-state index in [-0.39, 0.29) is 19.1 Å². The highest BCUT2D eigenvalue weighted by atomic mass is 31.2. The normalized spacial score (nSPS) is 15.2. The first-order chi connectivity index (χ1) is 23.5. The van der Waals surface area contributed by atoms with Crippen LogP contribution in [0.4, 0.5) is 0 Å². The molecule has 0 saturated heterocycles. The van der Waals surface area contributed by atoms with Crippen LogP contribution in [0.1, 0.15) is 149 Å². The second kappa shape index (κ2) is 32.4. The maximum absolute atomic E-state index is 12.8. The molecule has 286 valence electrons. The lowest BCUT2D eigenvalue weighted by atomic mass is 10.1. The van der Waals surface area contributed by atoms with Gasteiger partial charge in [0.15, 0.2) is 0 Å². The molecule has 0 aliphatic rings. The summed E-state index contributed by atoms with van der Waals surface area (Å²) in [5.41, 5.74) is 0. The summed E-state index contributed by atoms with van der Waals surface area (Å²) in [5.74, 6) is -0.193. The number of nitrogens with zero attached hydrogens (tertiary/aromatic N) is 1. The zero-order valence-electron chi connectivity index (χ0n) is 32.2. The van der Waals surface area contributed by atoms with Gasteiger partial charge in [0.25, 0.3) is 0 Å². The number of likely N-dealkylation sites (N-methyl/N-ethyl adjacent to an activating group) is 1. The number of hydrogen-bond donors (Lipinski definition) is 3. The van der Waals surface area contributed by atoms with E-state index < -0.39 is 20.0 Å². The molecule has 49 heavy (non-hydrogen) atoms. The van der Waals surface area contributed by atoms with Gasteiger partial charge in [-0.1, -0.05) is 140 Å². The number of nitrogens with one attached hydrogen (secondary N) is 1. The van der Waals surface area contributed by atoms with Crippen molar-refractivity contribution in [3.05, 3.63) is 48.6 Å². The van der Waals surface area contributed by atoms with E-state index >= 15 is 0 Å². The second-order valence-electron chi connectivity index (χ2n) is 14.3. The van der Waals surface area contributed by atoms with E-state index in [9.17, 15) is 19.4 Å². The number of carbonyl (C=O) groups excluding carboxylic acids is 1. The van der Waals surface area contributed by atoms with Crippen molar-refractivity contribution in [3.63, 3.8) is 0 Å². The Morgan fingerprint density at radius 2 is 1.22 bits per heavy atom. The number of phosphoric ester groups is 1. The van der Waals surface area contributed by atoms with Gasteiger partial charge in [-0.3, -0.25) is 13.8 Å². The molecule has 0 spiro atoms. The number of allylic oxidation sites excluding steroid dienone is 7. The van der Waals surface area contributed by atoms with Gasteiger partial charge in [-0.2, -0.15) is 0 Å². The van der Waals surface area contributed by atoms with E-state index in [0.29, 0.717) is 17.4 Å². The smallest absolute Gasteiger partial charge is 0.387 e. The minimum Gasteiger partial charge on any atom is -0.387 e. The highest BCUT2D eigenvalue weighted by Gasteiger charge is 2.27. The molecule has 3 atom stereocenters. The van der Waals surface area contributed by atoms with Gasteiger partial charge in [0.2, 0.25) is 5.91 Å². The quantitative estimate of drug-likeness (QED) is 0.0266. The van der Waals surface area contributed by atoms with Crippen LogP contribution in [0, 0.1) is 0 Å². The van der Waals surface area contributed by atoms with E-state index in [1.54, 1.807) is 6.08 Å². The highest BCUT2D eigenvalue weighted by Crippen LogP contribution is 2.43. The number of rotatable bonds is 34. The molecule has 0 aliphatic heterocycles. The lowest BCUT2D eigenvalue weighted by Crippen LogP contribution is -2.45. The summed E-state index contributed by atoms with van der Waals surface area (Å²) >= 11 is 0. The van der Waals surface area contributed by atoms with Crippen molar-refractivity contribution in [2.75, 3.05) is 40.9 Å². The first kappa shape index (κ1) is 47.5. The van der Waals surface area contributed by atoms with Crippen LogP contribution in [-0.4, -0.2) is 73.4 Å². The Morgan fingerprint density at radius 1 is 0.714 bits per heavy atom. The van der Waals surface area contributed by atoms with Crippen molar-refractivity contribution in [2.45, 2.75) is 161 Å². The molecular weight excluding hydrogens is 635 g/mol. The van der Waals surface area contributed by atoms with Crippen molar-refractivity contribution >= 4 is 13.7 Å². The number of quaternary nitrogens is 1. The maximum atomic E-state index is 12.8. The topological polar surface area (TPSA) is 105 Å². The third-order valence-electron chi connectivity index (χ3n) is 8.30. The fraction of sp³-hybridized carbons (Fsp3) is 0.775. The average molecular weight is 712 g/mol. The molecule has 8 nitrogen and oxygen atoms in total. The SMILES string of the molecule is CC/C=C\C/C=C\C/C=C\CCCCCCCCCC(=O)NC(COP(=O)(O)OCC[N+](C)(C)C)C(O)/C=C/CCCCCCCCCC. The van der Waals surface area contributed by atoms with Gasteiger partial charge in [-0.15, -0.1) is 0 Å². The fourth-order valence-corrected chi connectivity index (χ4v) is 5.91. The van der Waals surface area contributed by atoms with Gasteiger partial charge >= 0.3 is 7.82 Å². The predicted molar refractivity (Wildman–Crippen MR) is 207 cm³/mol. The van der Waals surface area contributed by atoms with Gasteiger partial charge in [-0.25, -0.2) is 4.57 Å². The number of unbranched alkanes of at least 4 members (excludes halogenated alkanes) is 15. The minimum absolute atomic E-state index is 0.0574. The molecule has 0 fully saturated rings. The maximum Gasteiger partial charge on any atom is 0.472 e. The Bertz CT molecular complexity index is 944. The van der Waals surface area contributed by atoms with Crippen LogP contribution in [0.25, 0.3) is 0 Å². The van der Waals surface area contributed by atoms with E-state index in [1.807, 2.05) is 27.2 Å². The van der Waals surface area contributed by atoms with Crippen molar-refractivity contribution < 1.29 is 32.9 Å². The summed E-state index contributed by atoms with van der Waals surface area (Å²) in [6, 6.07) is -0.849. The lowest BCUT2D eigenvalue weighted by molar-refractivity contribution is -0.870. The molecule has 3 N–H and O–H groups in total. The number of carbonyl (C=O) groups is 1. The number of amides is 1. The van der Waals surface area contributed by atoms with Crippen LogP contribution in [0.3, 0.4) is 0 Å². The minimum atomic E-state index is -4.33. The molecule has 0 aliphatic carbocycles. The van der Waals surface area contributed by atoms with Crippen molar-refractivity contribution in [3.8, 4) is 0 Å². The van der Waals surface area contributed by atoms with E-state index in [1.165, 1.54) is 57.8 Å². The number of hydrogen-bond acceptors (Lipinski definition) is 5. The molecule has 0 rings (SSSR count). The standard InChI is InChI=1S/C40H75N2O6P/c1-6-8-10-12-14-16-18-19-20-21-22-23-24-26-28-30-32-34-40(44)41-38(37-48-49(45,46)47-36-35-42(3,4)5)39(43)33-31-29-27-25-17-15-13-11-9-7-2/h8,10,14,16,19-20,31,33,38-39,43H,6-7,9,11-13,15,17-18,21-30,32,34-37H2,1-5H3,(H-,41,44,45,46)/p+1/b10-8-,16-14-,20-19-,33-31+. The van der Waals surface area contributed by atoms with Crippen LogP contribution < -0.4 is 5.32 Å². The fourth-order valence-electron chi connectivity index (χ4n) is 5.17. The largest absolute Gasteiger partial charge is 0.472 e. The molecular formula is C40H76N2O6P+. The molecule has 0 aromatic heterocycles. The predicted octanol–water partition coefficient (Wildman–Crippen LogP) is 10.1. The van der Waals surface area contributed by atoms with E-state index in [4.69, 9.17) is 9.05 Å². The van der Waals surface area contributed by atoms with Gasteiger partial charge in [0.1, 0.15) is 13.2 Å². The third-order valence-corrected chi connectivity index (χ3v) is 9.29. The Hall–Kier alpha value is -1.54. The summed E-state index contributed by atoms with van der Waals surface area (Å²) in [7, 11) is 1.55. The van der Waals surface area contributed by atoms with Gasteiger partial charge in [0, 0.05) is 6.42 Å². The summed E-state index contributed by atoms with van der Waals surface area (Å²) < 4.78 is 23.4. The average Bonchev–Trinajstić information content (AvgIpc) is 3.04. The summed E-state index contributed by atoms with van der Waals surface area (Å²) in [6.07, 6.45) is 38.9. The first-order valence-corrected chi connectivity index (χ1v) is 21.0. The molecule has 0 radical (unpaired) electrons. The zero-order valence-corrected chi connectivity index (χ0v) is 33.1. The van der Waals surface area contributed by atoms with Crippen LogP contribution >= 0.6 is 7.82 Å². The molecule has 0 saturated carbocycles. The van der Waals surface area contributed by atoms with Crippen LogP contribution in [-0.2, 0) is 18.4 Å². The third kappa shape index (κ3) is 34.7. The molecule has 1 amide bonds.